The van der Waals surface area contributed by atoms with E-state index >= 15 is 0 Å². The van der Waals surface area contributed by atoms with Gasteiger partial charge in [-0.15, -0.1) is 0 Å². The zero-order chi connectivity index (χ0) is 11.9. The third-order valence-electron chi connectivity index (χ3n) is 2.34. The topological polar surface area (TPSA) is 67.5 Å². The van der Waals surface area contributed by atoms with Crippen LogP contribution < -0.4 is 0 Å². The van der Waals surface area contributed by atoms with Gasteiger partial charge in [-0.2, -0.15) is 5.10 Å². The highest BCUT2D eigenvalue weighted by molar-refractivity contribution is 9.10. The van der Waals surface area contributed by atoms with Crippen molar-refractivity contribution in [3.8, 4) is 0 Å². The molecule has 0 amide bonds. The Hall–Kier alpha value is -1.43. The molecule has 16 heavy (non-hydrogen) atoms. The van der Waals surface area contributed by atoms with Crippen LogP contribution in [0.15, 0.2) is 16.9 Å². The first-order valence-electron chi connectivity index (χ1n) is 4.77. The molecule has 0 aromatic carbocycles. The molecule has 0 spiro atoms. The van der Waals surface area contributed by atoms with Crippen LogP contribution in [0.1, 0.15) is 35.8 Å². The summed E-state index contributed by atoms with van der Waals surface area (Å²) < 4.78 is 2.03. The number of hydrogen-bond acceptors (Lipinski definition) is 3. The average Bonchev–Trinajstić information content (AvgIpc) is 2.58. The molecule has 84 valence electrons. The molecule has 2 heterocycles. The molecule has 2 aromatic heterocycles. The van der Waals surface area contributed by atoms with E-state index in [9.17, 15) is 9.90 Å². The lowest BCUT2D eigenvalue weighted by Gasteiger charge is -2.10. The molecule has 0 radical (unpaired) electrons. The van der Waals surface area contributed by atoms with Crippen molar-refractivity contribution >= 4 is 27.5 Å². The molecule has 0 saturated carbocycles. The van der Waals surface area contributed by atoms with E-state index in [4.69, 9.17) is 0 Å². The first-order valence-corrected chi connectivity index (χ1v) is 5.57. The Morgan fingerprint density at radius 1 is 1.50 bits per heavy atom. The first-order chi connectivity index (χ1) is 7.52. The Balaban J connectivity index is 2.85. The Kier molecular flexibility index (Phi) is 2.67. The third-order valence-corrected chi connectivity index (χ3v) is 2.90. The molecule has 2 rings (SSSR count). The quantitative estimate of drug-likeness (QED) is 0.918. The number of nitrogens with zero attached hydrogens (tertiary/aromatic N) is 3. The summed E-state index contributed by atoms with van der Waals surface area (Å²) in [6.45, 7) is 3.85. The maximum absolute atomic E-state index is 11.2. The predicted molar refractivity (Wildman–Crippen MR) is 61.7 cm³/mol. The number of hydrogen-bond donors (Lipinski definition) is 1. The number of rotatable bonds is 2. The van der Waals surface area contributed by atoms with Crippen LogP contribution >= 0.6 is 15.9 Å². The second-order valence-corrected chi connectivity index (χ2v) is 4.60. The summed E-state index contributed by atoms with van der Waals surface area (Å²) in [5.41, 5.74) is 1.36. The van der Waals surface area contributed by atoms with E-state index in [2.05, 4.69) is 26.0 Å². The largest absolute Gasteiger partial charge is 0.476 e. The van der Waals surface area contributed by atoms with Crippen molar-refractivity contribution in [1.29, 1.82) is 0 Å². The van der Waals surface area contributed by atoms with Crippen molar-refractivity contribution in [2.75, 3.05) is 0 Å². The minimum absolute atomic E-state index is 0.0889. The van der Waals surface area contributed by atoms with E-state index in [1.165, 1.54) is 4.52 Å². The second-order valence-electron chi connectivity index (χ2n) is 3.75. The lowest BCUT2D eigenvalue weighted by atomic mass is 10.0. The molecule has 0 aliphatic carbocycles. The Bertz CT molecular complexity index is 562. The number of fused-ring (bicyclic) bond motifs is 1. The van der Waals surface area contributed by atoms with Crippen LogP contribution in [-0.4, -0.2) is 25.7 Å². The Morgan fingerprint density at radius 3 is 2.75 bits per heavy atom. The maximum Gasteiger partial charge on any atom is 0.354 e. The van der Waals surface area contributed by atoms with Gasteiger partial charge in [0.05, 0.1) is 10.7 Å². The highest BCUT2D eigenvalue weighted by Crippen LogP contribution is 2.23. The molecule has 5 nitrogen and oxygen atoms in total. The molecule has 0 atom stereocenters. The van der Waals surface area contributed by atoms with Crippen LogP contribution in [0.3, 0.4) is 0 Å². The molecule has 0 bridgehead atoms. The fourth-order valence-electron chi connectivity index (χ4n) is 1.55. The van der Waals surface area contributed by atoms with Gasteiger partial charge in [-0.3, -0.25) is 0 Å². The standard InChI is InChI=1S/C10H10BrN3O2/c1-5(2)6-3-12-9-7(11)4-13-14(9)8(6)10(15)16/h3-5H,1-2H3,(H,15,16). The van der Waals surface area contributed by atoms with Gasteiger partial charge >= 0.3 is 5.97 Å². The van der Waals surface area contributed by atoms with Gasteiger partial charge in [0, 0.05) is 11.8 Å². The van der Waals surface area contributed by atoms with Gasteiger partial charge in [0.25, 0.3) is 0 Å². The highest BCUT2D eigenvalue weighted by Gasteiger charge is 2.19. The number of carboxylic acid groups (broad SMARTS) is 1. The zero-order valence-corrected chi connectivity index (χ0v) is 10.4. The van der Waals surface area contributed by atoms with Crippen molar-refractivity contribution < 1.29 is 9.90 Å². The number of carboxylic acids is 1. The predicted octanol–water partition coefficient (Wildman–Crippen LogP) is 2.31. The van der Waals surface area contributed by atoms with Crippen molar-refractivity contribution in [1.82, 2.24) is 14.6 Å². The summed E-state index contributed by atoms with van der Waals surface area (Å²) in [6.07, 6.45) is 3.13. The lowest BCUT2D eigenvalue weighted by molar-refractivity contribution is 0.0685. The summed E-state index contributed by atoms with van der Waals surface area (Å²) >= 11 is 3.27. The summed E-state index contributed by atoms with van der Waals surface area (Å²) in [7, 11) is 0. The minimum atomic E-state index is -0.994. The third kappa shape index (κ3) is 1.59. The zero-order valence-electron chi connectivity index (χ0n) is 8.81. The Morgan fingerprint density at radius 2 is 2.19 bits per heavy atom. The number of halogens is 1. The van der Waals surface area contributed by atoms with Gasteiger partial charge in [-0.1, -0.05) is 13.8 Å². The van der Waals surface area contributed by atoms with E-state index in [1.807, 2.05) is 13.8 Å². The van der Waals surface area contributed by atoms with Gasteiger partial charge < -0.3 is 5.11 Å². The molecule has 6 heteroatoms. The van der Waals surface area contributed by atoms with Gasteiger partial charge in [0.15, 0.2) is 11.3 Å². The maximum atomic E-state index is 11.2. The average molecular weight is 284 g/mol. The summed E-state index contributed by atoms with van der Waals surface area (Å²) in [4.78, 5) is 15.4. The first kappa shape index (κ1) is 11.1. The van der Waals surface area contributed by atoms with Gasteiger partial charge in [0.1, 0.15) is 0 Å². The van der Waals surface area contributed by atoms with E-state index in [0.29, 0.717) is 15.7 Å². The van der Waals surface area contributed by atoms with Gasteiger partial charge in [0.2, 0.25) is 0 Å². The molecular weight excluding hydrogens is 274 g/mol. The highest BCUT2D eigenvalue weighted by atomic mass is 79.9. The van der Waals surface area contributed by atoms with Crippen LogP contribution in [0.4, 0.5) is 0 Å². The molecular formula is C10H10BrN3O2. The number of aromatic carboxylic acids is 1. The molecule has 0 unspecified atom stereocenters. The van der Waals surface area contributed by atoms with Crippen molar-refractivity contribution in [2.24, 2.45) is 0 Å². The summed E-state index contributed by atoms with van der Waals surface area (Å²) in [5, 5.41) is 13.2. The lowest BCUT2D eigenvalue weighted by Crippen LogP contribution is -2.12. The smallest absolute Gasteiger partial charge is 0.354 e. The Labute approximate surface area is 100 Å². The van der Waals surface area contributed by atoms with Crippen LogP contribution in [0, 0.1) is 0 Å². The van der Waals surface area contributed by atoms with E-state index in [-0.39, 0.29) is 11.6 Å². The molecule has 0 saturated heterocycles. The van der Waals surface area contributed by atoms with Gasteiger partial charge in [-0.05, 0) is 21.8 Å². The monoisotopic (exact) mass is 283 g/mol. The minimum Gasteiger partial charge on any atom is -0.476 e. The SMILES string of the molecule is CC(C)c1cnc2c(Br)cnn2c1C(=O)O. The van der Waals surface area contributed by atoms with Crippen LogP contribution in [-0.2, 0) is 0 Å². The number of aromatic nitrogens is 3. The van der Waals surface area contributed by atoms with E-state index in [0.717, 1.165) is 0 Å². The number of carbonyl (C=O) groups is 1. The van der Waals surface area contributed by atoms with Crippen molar-refractivity contribution in [3.05, 3.63) is 28.1 Å². The van der Waals surface area contributed by atoms with E-state index < -0.39 is 5.97 Å². The summed E-state index contributed by atoms with van der Waals surface area (Å²) in [5.74, 6) is -0.905. The van der Waals surface area contributed by atoms with E-state index in [1.54, 1.807) is 12.4 Å². The second kappa shape index (κ2) is 3.86. The van der Waals surface area contributed by atoms with Crippen molar-refractivity contribution in [2.45, 2.75) is 19.8 Å². The normalized spacial score (nSPS) is 11.2. The van der Waals surface area contributed by atoms with Crippen LogP contribution in [0.2, 0.25) is 0 Å². The molecule has 1 N–H and O–H groups in total. The molecule has 0 fully saturated rings. The fourth-order valence-corrected chi connectivity index (χ4v) is 1.91. The van der Waals surface area contributed by atoms with Crippen LogP contribution in [0.5, 0.6) is 0 Å². The fraction of sp³-hybridized carbons (Fsp3) is 0.300. The van der Waals surface area contributed by atoms with Crippen molar-refractivity contribution in [3.63, 3.8) is 0 Å². The van der Waals surface area contributed by atoms with Gasteiger partial charge in [-0.25, -0.2) is 14.3 Å². The van der Waals surface area contributed by atoms with Crippen LogP contribution in [0.25, 0.3) is 5.65 Å². The molecule has 0 aliphatic heterocycles. The molecule has 0 aliphatic rings. The molecule has 2 aromatic rings. The summed E-state index contributed by atoms with van der Waals surface area (Å²) in [6, 6.07) is 0.